The average molecular weight is 687 g/mol. The molecular formula is C30H58NO12P2+. The molecule has 0 heterocycles. The average Bonchev–Trinajstić information content (AvgIpc) is 3.02. The van der Waals surface area contributed by atoms with Crippen LogP contribution in [0.4, 0.5) is 0 Å². The first-order valence-electron chi connectivity index (χ1n) is 17.3. The van der Waals surface area contributed by atoms with Crippen LogP contribution in [0, 0.1) is 0 Å². The number of nitrogens with zero attached hydrogens (tertiary/aromatic N) is 1. The van der Waals surface area contributed by atoms with Gasteiger partial charge in [0.2, 0.25) is 0 Å². The second-order valence-corrected chi connectivity index (χ2v) is 16.5. The minimum absolute atomic E-state index is 1.04. The highest BCUT2D eigenvalue weighted by Crippen LogP contribution is 2.48. The van der Waals surface area contributed by atoms with Gasteiger partial charge < -0.3 is 44.5 Å². The standard InChI is InChI=1S/C24H44N.C6H14O12P2/c1-5-13-21(14-6-1)25(22-15-7-2-8-16-22,23-17-9-3-10-18-23)24-19-11-4-12-20-24;7-1-2(8)5(17-19(11,12)13)4(10)6(3(1)9)18-20(14,15)16/h21-24H,1-20H2;1-10H,(H2,11,12,13)(H2,14,15,16)/q+1;/t;1?,2-,3+,4?,5+,6-. The molecule has 5 saturated carbocycles. The zero-order chi connectivity index (χ0) is 32.8. The van der Waals surface area contributed by atoms with Crippen molar-refractivity contribution < 1.29 is 62.7 Å². The zero-order valence-corrected chi connectivity index (χ0v) is 28.3. The Labute approximate surface area is 267 Å². The summed E-state index contributed by atoms with van der Waals surface area (Å²) in [5.41, 5.74) is 0. The minimum atomic E-state index is -5.20. The maximum Gasteiger partial charge on any atom is 0.470 e. The van der Waals surface area contributed by atoms with Crippen LogP contribution in [0.5, 0.6) is 0 Å². The molecule has 0 aliphatic heterocycles. The van der Waals surface area contributed by atoms with Gasteiger partial charge in [-0.3, -0.25) is 9.05 Å². The summed E-state index contributed by atoms with van der Waals surface area (Å²) < 4.78 is 31.1. The molecule has 8 N–H and O–H groups in total. The lowest BCUT2D eigenvalue weighted by Crippen LogP contribution is -2.72. The molecule has 264 valence electrons. The van der Waals surface area contributed by atoms with Gasteiger partial charge in [-0.05, 0) is 103 Å². The summed E-state index contributed by atoms with van der Waals surface area (Å²) >= 11 is 0. The van der Waals surface area contributed by atoms with E-state index in [1.807, 2.05) is 0 Å². The predicted octanol–water partition coefficient (Wildman–Crippen LogP) is 3.53. The van der Waals surface area contributed by atoms with Crippen LogP contribution in [0.1, 0.15) is 128 Å². The number of rotatable bonds is 8. The predicted molar refractivity (Wildman–Crippen MR) is 166 cm³/mol. The van der Waals surface area contributed by atoms with Crippen LogP contribution in [0.2, 0.25) is 0 Å². The van der Waals surface area contributed by atoms with Gasteiger partial charge in [0.15, 0.2) is 0 Å². The highest BCUT2D eigenvalue weighted by molar-refractivity contribution is 7.46. The number of phosphoric acid groups is 2. The van der Waals surface area contributed by atoms with E-state index < -0.39 is 52.3 Å². The van der Waals surface area contributed by atoms with E-state index in [-0.39, 0.29) is 0 Å². The third-order valence-corrected chi connectivity index (χ3v) is 12.4. The lowest BCUT2D eigenvalue weighted by atomic mass is 9.76. The summed E-state index contributed by atoms with van der Waals surface area (Å²) in [5.74, 6) is 0. The molecule has 45 heavy (non-hydrogen) atoms. The van der Waals surface area contributed by atoms with Gasteiger partial charge in [-0.15, -0.1) is 0 Å². The van der Waals surface area contributed by atoms with Crippen molar-refractivity contribution in [3.05, 3.63) is 0 Å². The number of aliphatic hydroxyl groups is 4. The van der Waals surface area contributed by atoms with Gasteiger partial charge in [0, 0.05) is 0 Å². The Balaban J connectivity index is 0.000000211. The van der Waals surface area contributed by atoms with Gasteiger partial charge in [0.25, 0.3) is 0 Å². The van der Waals surface area contributed by atoms with Crippen molar-refractivity contribution >= 4 is 15.6 Å². The summed E-state index contributed by atoms with van der Waals surface area (Å²) in [5, 5.41) is 38.0. The van der Waals surface area contributed by atoms with Crippen molar-refractivity contribution in [3.8, 4) is 0 Å². The zero-order valence-electron chi connectivity index (χ0n) is 26.5. The van der Waals surface area contributed by atoms with E-state index in [9.17, 15) is 29.6 Å². The molecule has 0 bridgehead atoms. The Kier molecular flexibility index (Phi) is 14.0. The van der Waals surface area contributed by atoms with Crippen molar-refractivity contribution in [1.29, 1.82) is 0 Å². The third-order valence-electron chi connectivity index (χ3n) is 11.4. The van der Waals surface area contributed by atoms with E-state index in [0.29, 0.717) is 0 Å². The summed E-state index contributed by atoms with van der Waals surface area (Å²) in [4.78, 5) is 34.4. The van der Waals surface area contributed by atoms with E-state index in [2.05, 4.69) is 9.05 Å². The first-order valence-corrected chi connectivity index (χ1v) is 20.4. The summed E-state index contributed by atoms with van der Waals surface area (Å²) in [6.07, 6.45) is 18.1. The summed E-state index contributed by atoms with van der Waals surface area (Å²) in [7, 11) is -10.4. The van der Waals surface area contributed by atoms with Crippen molar-refractivity contribution in [2.45, 2.75) is 189 Å². The van der Waals surface area contributed by atoms with E-state index in [0.717, 1.165) is 24.2 Å². The van der Waals surface area contributed by atoms with Crippen LogP contribution in [-0.2, 0) is 18.2 Å². The van der Waals surface area contributed by atoms with Crippen LogP contribution >= 0.6 is 15.6 Å². The van der Waals surface area contributed by atoms with Gasteiger partial charge in [-0.2, -0.15) is 0 Å². The molecular weight excluding hydrogens is 628 g/mol. The molecule has 5 fully saturated rings. The topological polar surface area (TPSA) is 214 Å². The second kappa shape index (κ2) is 16.6. The van der Waals surface area contributed by atoms with Crippen LogP contribution in [0.3, 0.4) is 0 Å². The highest BCUT2D eigenvalue weighted by Gasteiger charge is 2.55. The number of hydrogen-bond acceptors (Lipinski definition) is 8. The van der Waals surface area contributed by atoms with E-state index in [1.165, 1.54) is 77.0 Å². The fourth-order valence-corrected chi connectivity index (χ4v) is 10.8. The smallest absolute Gasteiger partial charge is 0.387 e. The van der Waals surface area contributed by atoms with Crippen LogP contribution in [0.15, 0.2) is 0 Å². The molecule has 5 rings (SSSR count). The van der Waals surface area contributed by atoms with E-state index in [1.54, 1.807) is 55.8 Å². The molecule has 0 radical (unpaired) electrons. The van der Waals surface area contributed by atoms with Crippen LogP contribution < -0.4 is 0 Å². The summed E-state index contributed by atoms with van der Waals surface area (Å²) in [6.45, 7) is 0. The minimum Gasteiger partial charge on any atom is -0.387 e. The second-order valence-electron chi connectivity index (χ2n) is 14.1. The van der Waals surface area contributed by atoms with Gasteiger partial charge in [0.1, 0.15) is 36.6 Å². The largest absolute Gasteiger partial charge is 0.470 e. The molecule has 15 heteroatoms. The Hall–Kier alpha value is 0.0200. The number of aliphatic hydroxyl groups excluding tert-OH is 4. The van der Waals surface area contributed by atoms with Crippen LogP contribution in [-0.4, -0.2) is 105 Å². The highest BCUT2D eigenvalue weighted by atomic mass is 31.2. The molecule has 5 aliphatic carbocycles. The molecule has 0 aromatic heterocycles. The fraction of sp³-hybridized carbons (Fsp3) is 1.00. The third kappa shape index (κ3) is 9.59. The first-order chi connectivity index (χ1) is 21.3. The normalized spacial score (nSPS) is 34.2. The monoisotopic (exact) mass is 686 g/mol. The molecule has 13 nitrogen and oxygen atoms in total. The maximum atomic E-state index is 10.7. The number of phosphoric ester groups is 2. The molecule has 0 saturated heterocycles. The SMILES string of the molecule is C1CCC([N+](C2CCCCC2)(C2CCCCC2)C2CCCCC2)CC1.O=P(O)(O)O[C@@H]1C(O)[C@H](OP(=O)(O)O)[C@@H](O)C(O)[C@H]1O. The Bertz CT molecular complexity index is 870. The molecule has 0 amide bonds. The van der Waals surface area contributed by atoms with Crippen molar-refractivity contribution in [3.63, 3.8) is 0 Å². The van der Waals surface area contributed by atoms with Gasteiger partial charge in [0.05, 0.1) is 24.2 Å². The maximum absolute atomic E-state index is 10.7. The van der Waals surface area contributed by atoms with Crippen molar-refractivity contribution in [1.82, 2.24) is 0 Å². The molecule has 0 aromatic rings. The lowest BCUT2D eigenvalue weighted by Gasteiger charge is -2.62. The lowest BCUT2D eigenvalue weighted by molar-refractivity contribution is -1.02. The van der Waals surface area contributed by atoms with Crippen molar-refractivity contribution in [2.24, 2.45) is 0 Å². The molecule has 2 unspecified atom stereocenters. The molecule has 5 aliphatic rings. The van der Waals surface area contributed by atoms with E-state index >= 15 is 0 Å². The van der Waals surface area contributed by atoms with E-state index in [4.69, 9.17) is 19.6 Å². The fourth-order valence-electron chi connectivity index (χ4n) is 9.65. The Morgan fingerprint density at radius 1 is 0.400 bits per heavy atom. The van der Waals surface area contributed by atoms with Gasteiger partial charge in [-0.25, -0.2) is 9.13 Å². The molecule has 0 aromatic carbocycles. The van der Waals surface area contributed by atoms with Crippen LogP contribution in [0.25, 0.3) is 0 Å². The number of hydrogen-bond donors (Lipinski definition) is 8. The Morgan fingerprint density at radius 3 is 0.867 bits per heavy atom. The summed E-state index contributed by atoms with van der Waals surface area (Å²) in [6, 6.07) is 4.18. The molecule has 6 atom stereocenters. The Morgan fingerprint density at radius 2 is 0.644 bits per heavy atom. The quantitative estimate of drug-likeness (QED) is 0.136. The van der Waals surface area contributed by atoms with Gasteiger partial charge >= 0.3 is 15.6 Å². The van der Waals surface area contributed by atoms with Crippen molar-refractivity contribution in [2.75, 3.05) is 0 Å². The molecule has 0 spiro atoms. The van der Waals surface area contributed by atoms with Gasteiger partial charge in [-0.1, -0.05) is 25.7 Å². The first kappa shape index (κ1) is 37.8. The number of quaternary nitrogens is 1.